The van der Waals surface area contributed by atoms with Crippen molar-refractivity contribution < 1.29 is 37.3 Å². The van der Waals surface area contributed by atoms with Crippen LogP contribution in [-0.2, 0) is 27.9 Å². The van der Waals surface area contributed by atoms with Crippen LogP contribution in [0.3, 0.4) is 0 Å². The third-order valence-corrected chi connectivity index (χ3v) is 13.3. The van der Waals surface area contributed by atoms with E-state index in [1.165, 1.54) is 77.0 Å². The lowest BCUT2D eigenvalue weighted by Crippen LogP contribution is -2.47. The molecule has 0 aliphatic heterocycles. The third-order valence-electron chi connectivity index (χ3n) is 12.3. The van der Waals surface area contributed by atoms with E-state index in [4.69, 9.17) is 13.8 Å². The summed E-state index contributed by atoms with van der Waals surface area (Å²) in [6.45, 7) is 6.66. The molecule has 0 rings (SSSR count). The fraction of sp³-hybridized carbons (Fsp3) is 0.738. The highest BCUT2D eigenvalue weighted by Crippen LogP contribution is 2.38. The zero-order valence-electron chi connectivity index (χ0n) is 46.7. The Morgan fingerprint density at radius 3 is 1.38 bits per heavy atom. The highest BCUT2D eigenvalue weighted by molar-refractivity contribution is 7.45. The topological polar surface area (TPSA) is 114 Å². The van der Waals surface area contributed by atoms with Crippen LogP contribution in [-0.4, -0.2) is 69.4 Å². The number of likely N-dealkylation sites (N-methyl/N-ethyl adjacent to an activating group) is 1. The first-order valence-corrected chi connectivity index (χ1v) is 30.4. The summed E-state index contributed by atoms with van der Waals surface area (Å²) in [5.41, 5.74) is 0. The van der Waals surface area contributed by atoms with Crippen LogP contribution in [0.15, 0.2) is 85.1 Å². The van der Waals surface area contributed by atoms with E-state index in [2.05, 4.69) is 99.0 Å². The van der Waals surface area contributed by atoms with Gasteiger partial charge in [-0.05, 0) is 102 Å². The molecule has 0 fully saturated rings. The van der Waals surface area contributed by atoms with E-state index < -0.39 is 26.6 Å². The Morgan fingerprint density at radius 2 is 0.901 bits per heavy atom. The second-order valence-electron chi connectivity index (χ2n) is 20.4. The molecule has 0 saturated carbocycles. The molecule has 0 heterocycles. The van der Waals surface area contributed by atoms with E-state index in [0.29, 0.717) is 23.9 Å². The average molecular weight is 1010 g/mol. The summed E-state index contributed by atoms with van der Waals surface area (Å²) in [4.78, 5) is 39.8. The molecule has 0 spiro atoms. The molecule has 3 unspecified atom stereocenters. The number of phosphoric acid groups is 1. The van der Waals surface area contributed by atoms with Gasteiger partial charge >= 0.3 is 5.97 Å². The molecule has 0 aromatic carbocycles. The Bertz CT molecular complexity index is 1490. The summed E-state index contributed by atoms with van der Waals surface area (Å²) in [5.74, 6) is -0.586. The molecule has 1 amide bonds. The molecule has 0 aliphatic carbocycles. The molecule has 10 heteroatoms. The number of hydrogen-bond donors (Lipinski definition) is 1. The number of amides is 1. The van der Waals surface area contributed by atoms with Gasteiger partial charge in [-0.25, -0.2) is 0 Å². The van der Waals surface area contributed by atoms with Crippen LogP contribution < -0.4 is 10.2 Å². The van der Waals surface area contributed by atoms with Gasteiger partial charge < -0.3 is 28.5 Å². The SMILES string of the molecule is CC/C=C/C/C=C/C/C=C/CCCCCCC(=O)NC(COP(=O)([O-])OCC[N+](C)(C)C)C(/C=C/CCCCCCCCCCCC)OC(=O)CCCCCCCC/C=C\C/C=C\C/C=C\CCCCC. The van der Waals surface area contributed by atoms with Gasteiger partial charge in [0.25, 0.3) is 7.82 Å². The fourth-order valence-corrected chi connectivity index (χ4v) is 8.56. The molecule has 1 N–H and O–H groups in total. The Morgan fingerprint density at radius 1 is 0.507 bits per heavy atom. The summed E-state index contributed by atoms with van der Waals surface area (Å²) in [5, 5.41) is 3.00. The van der Waals surface area contributed by atoms with E-state index in [1.807, 2.05) is 33.3 Å². The van der Waals surface area contributed by atoms with E-state index >= 15 is 0 Å². The molecule has 0 bridgehead atoms. The van der Waals surface area contributed by atoms with Crippen molar-refractivity contribution in [2.24, 2.45) is 0 Å². The van der Waals surface area contributed by atoms with Crippen LogP contribution in [0.4, 0.5) is 0 Å². The standard InChI is InChI=1S/C61H109N2O7P/c1-7-10-13-16-19-22-25-28-30-31-32-33-34-36-39-42-45-48-51-54-61(65)70-59(52-49-46-43-40-37-27-24-21-18-15-12-9-3)58(57-69-71(66,67)68-56-55-63(4,5)6)62-60(64)53-50-47-44-41-38-35-29-26-23-20-17-14-11-8-2/h11,14,19-20,22-23,28-30,32-33,35,49,52,58-59H,7-10,12-13,15-18,21,24-27,31,34,36-48,50-51,53-57H2,1-6H3,(H-,62,64,66,67)/b14-11+,22-19-,23-20+,30-28-,33-32-,35-29+,52-49+. The number of unbranched alkanes of at least 4 members (excludes halogenated alkanes) is 23. The fourth-order valence-electron chi connectivity index (χ4n) is 7.84. The summed E-state index contributed by atoms with van der Waals surface area (Å²) in [6.07, 6.45) is 65.4. The number of quaternary nitrogens is 1. The molecule has 410 valence electrons. The maximum Gasteiger partial charge on any atom is 0.306 e. The average Bonchev–Trinajstić information content (AvgIpc) is 3.33. The van der Waals surface area contributed by atoms with Gasteiger partial charge in [-0.15, -0.1) is 0 Å². The van der Waals surface area contributed by atoms with Gasteiger partial charge in [0.15, 0.2) is 0 Å². The molecule has 0 aromatic heterocycles. The molecule has 0 radical (unpaired) electrons. The molecular weight excluding hydrogens is 904 g/mol. The van der Waals surface area contributed by atoms with Crippen molar-refractivity contribution in [2.45, 2.75) is 251 Å². The molecule has 0 aliphatic rings. The quantitative estimate of drug-likeness (QED) is 0.0212. The minimum Gasteiger partial charge on any atom is -0.756 e. The maximum atomic E-state index is 13.5. The van der Waals surface area contributed by atoms with Crippen molar-refractivity contribution in [1.82, 2.24) is 5.32 Å². The lowest BCUT2D eigenvalue weighted by atomic mass is 10.0. The Kier molecular flexibility index (Phi) is 48.7. The minimum absolute atomic E-state index is 0.0329. The van der Waals surface area contributed by atoms with Crippen molar-refractivity contribution in [3.63, 3.8) is 0 Å². The number of ether oxygens (including phenoxy) is 1. The number of phosphoric ester groups is 1. The van der Waals surface area contributed by atoms with Gasteiger partial charge in [-0.3, -0.25) is 14.2 Å². The smallest absolute Gasteiger partial charge is 0.306 e. The monoisotopic (exact) mass is 1010 g/mol. The second-order valence-corrected chi connectivity index (χ2v) is 21.8. The van der Waals surface area contributed by atoms with Gasteiger partial charge in [0.05, 0.1) is 33.8 Å². The summed E-state index contributed by atoms with van der Waals surface area (Å²) in [6, 6.07) is -0.908. The molecular formula is C61H109N2O7P. The number of hydrogen-bond acceptors (Lipinski definition) is 7. The number of nitrogens with one attached hydrogen (secondary N) is 1. The Balaban J connectivity index is 5.38. The molecule has 0 aromatic rings. The van der Waals surface area contributed by atoms with Gasteiger partial charge in [-0.1, -0.05) is 209 Å². The number of esters is 1. The van der Waals surface area contributed by atoms with Crippen LogP contribution in [0, 0.1) is 0 Å². The minimum atomic E-state index is -4.71. The largest absolute Gasteiger partial charge is 0.756 e. The van der Waals surface area contributed by atoms with Crippen molar-refractivity contribution in [2.75, 3.05) is 40.9 Å². The number of carbonyl (C=O) groups excluding carboxylic acids is 2. The lowest BCUT2D eigenvalue weighted by Gasteiger charge is -2.30. The summed E-state index contributed by atoms with van der Waals surface area (Å²) in [7, 11) is 1.15. The molecule has 0 saturated heterocycles. The van der Waals surface area contributed by atoms with Gasteiger partial charge in [0.1, 0.15) is 19.3 Å². The van der Waals surface area contributed by atoms with Crippen molar-refractivity contribution in [1.29, 1.82) is 0 Å². The first-order chi connectivity index (χ1) is 34.4. The van der Waals surface area contributed by atoms with Crippen LogP contribution in [0.2, 0.25) is 0 Å². The van der Waals surface area contributed by atoms with Crippen LogP contribution >= 0.6 is 7.82 Å². The summed E-state index contributed by atoms with van der Waals surface area (Å²) >= 11 is 0. The van der Waals surface area contributed by atoms with Gasteiger partial charge in [0.2, 0.25) is 5.91 Å². The zero-order chi connectivity index (χ0) is 52.2. The van der Waals surface area contributed by atoms with Crippen LogP contribution in [0.25, 0.3) is 0 Å². The number of nitrogens with zero attached hydrogens (tertiary/aromatic N) is 1. The highest BCUT2D eigenvalue weighted by Gasteiger charge is 2.27. The van der Waals surface area contributed by atoms with Gasteiger partial charge in [0, 0.05) is 12.8 Å². The maximum absolute atomic E-state index is 13.5. The lowest BCUT2D eigenvalue weighted by molar-refractivity contribution is -0.870. The number of carbonyl (C=O) groups is 2. The number of allylic oxidation sites excluding steroid dienone is 13. The molecule has 71 heavy (non-hydrogen) atoms. The van der Waals surface area contributed by atoms with E-state index in [1.54, 1.807) is 0 Å². The van der Waals surface area contributed by atoms with E-state index in [0.717, 1.165) is 116 Å². The van der Waals surface area contributed by atoms with Crippen LogP contribution in [0.1, 0.15) is 239 Å². The van der Waals surface area contributed by atoms with Gasteiger partial charge in [-0.2, -0.15) is 0 Å². The predicted octanol–water partition coefficient (Wildman–Crippen LogP) is 16.8. The summed E-state index contributed by atoms with van der Waals surface area (Å²) < 4.78 is 30.2. The Hall–Kier alpha value is -2.81. The van der Waals surface area contributed by atoms with E-state index in [9.17, 15) is 19.0 Å². The molecule has 9 nitrogen and oxygen atoms in total. The van der Waals surface area contributed by atoms with Crippen LogP contribution in [0.5, 0.6) is 0 Å². The molecule has 3 atom stereocenters. The first-order valence-electron chi connectivity index (χ1n) is 28.9. The van der Waals surface area contributed by atoms with Crippen molar-refractivity contribution >= 4 is 19.7 Å². The Labute approximate surface area is 437 Å². The normalized spacial score (nSPS) is 14.4. The predicted molar refractivity (Wildman–Crippen MR) is 302 cm³/mol. The first kappa shape index (κ1) is 68.2. The number of rotatable bonds is 51. The van der Waals surface area contributed by atoms with Crippen molar-refractivity contribution in [3.8, 4) is 0 Å². The van der Waals surface area contributed by atoms with E-state index in [-0.39, 0.29) is 31.3 Å². The highest BCUT2D eigenvalue weighted by atomic mass is 31.2. The third kappa shape index (κ3) is 51.9. The zero-order valence-corrected chi connectivity index (χ0v) is 47.5. The van der Waals surface area contributed by atoms with Crippen molar-refractivity contribution in [3.05, 3.63) is 85.1 Å². The second kappa shape index (κ2) is 50.7.